The van der Waals surface area contributed by atoms with Crippen molar-refractivity contribution in [2.24, 2.45) is 10.8 Å². The normalized spacial score (nSPS) is 23.8. The first-order valence-corrected chi connectivity index (χ1v) is 5.18. The highest BCUT2D eigenvalue weighted by Crippen LogP contribution is 2.30. The molecule has 1 heterocycles. The Labute approximate surface area is 81.9 Å². The third kappa shape index (κ3) is 3.28. The molecular formula is C11H23NO. The molecule has 1 rings (SSSR count). The molecular weight excluding hydrogens is 162 g/mol. The Hall–Kier alpha value is -0.0800. The fourth-order valence-corrected chi connectivity index (χ4v) is 2.01. The van der Waals surface area contributed by atoms with Crippen molar-refractivity contribution >= 4 is 0 Å². The average Bonchev–Trinajstić information content (AvgIpc) is 2.29. The van der Waals surface area contributed by atoms with E-state index in [2.05, 4.69) is 32.6 Å². The second kappa shape index (κ2) is 3.58. The molecule has 0 unspecified atom stereocenters. The molecule has 0 radical (unpaired) electrons. The van der Waals surface area contributed by atoms with Crippen molar-refractivity contribution in [3.8, 4) is 0 Å². The third-order valence-corrected chi connectivity index (χ3v) is 2.84. The predicted octanol–water partition coefficient (Wildman–Crippen LogP) is 1.74. The molecule has 1 saturated heterocycles. The molecule has 0 spiro atoms. The minimum absolute atomic E-state index is 0.0560. The summed E-state index contributed by atoms with van der Waals surface area (Å²) in [5, 5.41) is 9.16. The lowest BCUT2D eigenvalue weighted by atomic mass is 9.92. The molecule has 1 aliphatic heterocycles. The maximum atomic E-state index is 9.16. The number of aliphatic hydroxyl groups excluding tert-OH is 1. The summed E-state index contributed by atoms with van der Waals surface area (Å²) >= 11 is 0. The minimum Gasteiger partial charge on any atom is -0.396 e. The van der Waals surface area contributed by atoms with Crippen molar-refractivity contribution in [3.63, 3.8) is 0 Å². The quantitative estimate of drug-likeness (QED) is 0.724. The molecule has 0 bridgehead atoms. The Balaban J connectivity index is 2.40. The predicted molar refractivity (Wildman–Crippen MR) is 55.7 cm³/mol. The lowest BCUT2D eigenvalue weighted by Gasteiger charge is -2.29. The van der Waals surface area contributed by atoms with Crippen LogP contribution in [0.4, 0.5) is 0 Å². The highest BCUT2D eigenvalue weighted by molar-refractivity contribution is 4.85. The number of likely N-dealkylation sites (tertiary alicyclic amines) is 1. The first-order chi connectivity index (χ1) is 5.85. The third-order valence-electron chi connectivity index (χ3n) is 2.84. The standard InChI is InChI=1S/C11H23NO/c1-10(2)5-6-12(7-10)8-11(3,4)9-13/h13H,5-9H2,1-4H3. The van der Waals surface area contributed by atoms with Crippen molar-refractivity contribution in [1.82, 2.24) is 4.90 Å². The number of aliphatic hydroxyl groups is 1. The molecule has 1 aliphatic rings. The van der Waals surface area contributed by atoms with Crippen LogP contribution >= 0.6 is 0 Å². The van der Waals surface area contributed by atoms with Gasteiger partial charge in [-0.3, -0.25) is 0 Å². The Morgan fingerprint density at radius 3 is 2.38 bits per heavy atom. The average molecular weight is 185 g/mol. The smallest absolute Gasteiger partial charge is 0.0494 e. The molecule has 2 heteroatoms. The SMILES string of the molecule is CC(C)(CO)CN1CCC(C)(C)C1. The van der Waals surface area contributed by atoms with Crippen LogP contribution in [-0.4, -0.2) is 36.2 Å². The van der Waals surface area contributed by atoms with E-state index in [4.69, 9.17) is 5.11 Å². The lowest BCUT2D eigenvalue weighted by Crippen LogP contribution is -2.35. The van der Waals surface area contributed by atoms with Gasteiger partial charge in [0, 0.05) is 25.1 Å². The van der Waals surface area contributed by atoms with Crippen LogP contribution in [0.2, 0.25) is 0 Å². The van der Waals surface area contributed by atoms with Crippen LogP contribution < -0.4 is 0 Å². The zero-order chi connectivity index (χ0) is 10.1. The summed E-state index contributed by atoms with van der Waals surface area (Å²) in [5.41, 5.74) is 0.534. The summed E-state index contributed by atoms with van der Waals surface area (Å²) in [6, 6.07) is 0. The summed E-state index contributed by atoms with van der Waals surface area (Å²) in [6.45, 7) is 12.6. The van der Waals surface area contributed by atoms with Gasteiger partial charge in [-0.2, -0.15) is 0 Å². The Kier molecular flexibility index (Phi) is 3.03. The van der Waals surface area contributed by atoms with E-state index in [9.17, 15) is 0 Å². The molecule has 13 heavy (non-hydrogen) atoms. The van der Waals surface area contributed by atoms with Crippen molar-refractivity contribution in [1.29, 1.82) is 0 Å². The summed E-state index contributed by atoms with van der Waals surface area (Å²) in [5.74, 6) is 0. The van der Waals surface area contributed by atoms with Crippen LogP contribution in [0, 0.1) is 10.8 Å². The van der Waals surface area contributed by atoms with Crippen LogP contribution in [0.25, 0.3) is 0 Å². The van der Waals surface area contributed by atoms with Crippen molar-refractivity contribution in [2.45, 2.75) is 34.1 Å². The second-order valence-corrected chi connectivity index (χ2v) is 5.95. The number of rotatable bonds is 3. The molecule has 0 aromatic heterocycles. The Morgan fingerprint density at radius 2 is 2.00 bits per heavy atom. The van der Waals surface area contributed by atoms with E-state index in [1.165, 1.54) is 19.5 Å². The van der Waals surface area contributed by atoms with E-state index in [0.29, 0.717) is 5.41 Å². The van der Waals surface area contributed by atoms with E-state index in [-0.39, 0.29) is 12.0 Å². The lowest BCUT2D eigenvalue weighted by molar-refractivity contribution is 0.110. The molecule has 0 atom stereocenters. The van der Waals surface area contributed by atoms with Gasteiger partial charge in [0.25, 0.3) is 0 Å². The highest BCUT2D eigenvalue weighted by Gasteiger charge is 2.32. The first kappa shape index (κ1) is 11.0. The molecule has 0 saturated carbocycles. The van der Waals surface area contributed by atoms with Crippen molar-refractivity contribution in [3.05, 3.63) is 0 Å². The summed E-state index contributed by atoms with van der Waals surface area (Å²) in [6.07, 6.45) is 1.29. The maximum Gasteiger partial charge on any atom is 0.0494 e. The Bertz CT molecular complexity index is 175. The number of hydrogen-bond donors (Lipinski definition) is 1. The fourth-order valence-electron chi connectivity index (χ4n) is 2.01. The van der Waals surface area contributed by atoms with Gasteiger partial charge in [-0.25, -0.2) is 0 Å². The van der Waals surface area contributed by atoms with E-state index in [1.807, 2.05) is 0 Å². The van der Waals surface area contributed by atoms with Crippen LogP contribution in [0.15, 0.2) is 0 Å². The topological polar surface area (TPSA) is 23.5 Å². The van der Waals surface area contributed by atoms with E-state index in [1.54, 1.807) is 0 Å². The van der Waals surface area contributed by atoms with Crippen molar-refractivity contribution < 1.29 is 5.11 Å². The molecule has 2 nitrogen and oxygen atoms in total. The monoisotopic (exact) mass is 185 g/mol. The number of hydrogen-bond acceptors (Lipinski definition) is 2. The van der Waals surface area contributed by atoms with Crippen LogP contribution in [0.3, 0.4) is 0 Å². The zero-order valence-electron chi connectivity index (χ0n) is 9.43. The fraction of sp³-hybridized carbons (Fsp3) is 1.00. The summed E-state index contributed by atoms with van der Waals surface area (Å²) in [4.78, 5) is 2.47. The van der Waals surface area contributed by atoms with Gasteiger partial charge in [0.1, 0.15) is 0 Å². The largest absolute Gasteiger partial charge is 0.396 e. The van der Waals surface area contributed by atoms with Gasteiger partial charge in [0.2, 0.25) is 0 Å². The molecule has 0 aliphatic carbocycles. The highest BCUT2D eigenvalue weighted by atomic mass is 16.3. The molecule has 0 amide bonds. The molecule has 78 valence electrons. The van der Waals surface area contributed by atoms with Gasteiger partial charge in [-0.15, -0.1) is 0 Å². The van der Waals surface area contributed by atoms with Crippen LogP contribution in [-0.2, 0) is 0 Å². The van der Waals surface area contributed by atoms with Gasteiger partial charge in [0.15, 0.2) is 0 Å². The Morgan fingerprint density at radius 1 is 1.38 bits per heavy atom. The molecule has 0 aromatic rings. The summed E-state index contributed by atoms with van der Waals surface area (Å²) in [7, 11) is 0. The second-order valence-electron chi connectivity index (χ2n) is 5.95. The maximum absolute atomic E-state index is 9.16. The summed E-state index contributed by atoms with van der Waals surface area (Å²) < 4.78 is 0. The first-order valence-electron chi connectivity index (χ1n) is 5.18. The van der Waals surface area contributed by atoms with Crippen LogP contribution in [0.1, 0.15) is 34.1 Å². The van der Waals surface area contributed by atoms with Crippen LogP contribution in [0.5, 0.6) is 0 Å². The molecule has 1 fully saturated rings. The van der Waals surface area contributed by atoms with E-state index < -0.39 is 0 Å². The van der Waals surface area contributed by atoms with Gasteiger partial charge in [-0.05, 0) is 18.4 Å². The van der Waals surface area contributed by atoms with E-state index >= 15 is 0 Å². The zero-order valence-corrected chi connectivity index (χ0v) is 9.43. The van der Waals surface area contributed by atoms with Gasteiger partial charge in [0.05, 0.1) is 0 Å². The van der Waals surface area contributed by atoms with Crippen molar-refractivity contribution in [2.75, 3.05) is 26.2 Å². The van der Waals surface area contributed by atoms with E-state index in [0.717, 1.165) is 6.54 Å². The number of nitrogens with zero attached hydrogens (tertiary/aromatic N) is 1. The minimum atomic E-state index is 0.0560. The molecule has 1 N–H and O–H groups in total. The molecule has 0 aromatic carbocycles. The van der Waals surface area contributed by atoms with Gasteiger partial charge in [-0.1, -0.05) is 27.7 Å². The van der Waals surface area contributed by atoms with Gasteiger partial charge >= 0.3 is 0 Å². The van der Waals surface area contributed by atoms with Gasteiger partial charge < -0.3 is 10.0 Å².